The summed E-state index contributed by atoms with van der Waals surface area (Å²) in [4.78, 5) is 12.6. The van der Waals surface area contributed by atoms with Gasteiger partial charge in [0.1, 0.15) is 0 Å². The minimum absolute atomic E-state index is 0.105. The van der Waals surface area contributed by atoms with Gasteiger partial charge in [-0.25, -0.2) is 13.1 Å². The molecule has 8 heteroatoms. The molecule has 0 unspecified atom stereocenters. The highest BCUT2D eigenvalue weighted by molar-refractivity contribution is 7.89. The highest BCUT2D eigenvalue weighted by atomic mass is 32.2. The molecule has 0 radical (unpaired) electrons. The summed E-state index contributed by atoms with van der Waals surface area (Å²) in [5.41, 5.74) is 0.738. The summed E-state index contributed by atoms with van der Waals surface area (Å²) in [6.07, 6.45) is 0. The van der Waals surface area contributed by atoms with Crippen molar-refractivity contribution in [2.75, 3.05) is 0 Å². The van der Waals surface area contributed by atoms with Crippen LogP contribution in [0.25, 0.3) is 10.2 Å². The van der Waals surface area contributed by atoms with Gasteiger partial charge in [0.2, 0.25) is 10.0 Å². The average molecular weight is 340 g/mol. The van der Waals surface area contributed by atoms with Crippen LogP contribution in [0.4, 0.5) is 0 Å². The van der Waals surface area contributed by atoms with E-state index in [4.69, 9.17) is 0 Å². The first kappa shape index (κ1) is 14.5. The van der Waals surface area contributed by atoms with Crippen LogP contribution in [-0.4, -0.2) is 13.0 Å². The molecule has 2 aromatic heterocycles. The third-order valence-electron chi connectivity index (χ3n) is 3.09. The molecule has 0 atom stereocenters. The van der Waals surface area contributed by atoms with Gasteiger partial charge < -0.3 is 4.57 Å². The van der Waals surface area contributed by atoms with Crippen molar-refractivity contribution in [2.45, 2.75) is 11.4 Å². The largest absolute Gasteiger partial charge is 0.307 e. The summed E-state index contributed by atoms with van der Waals surface area (Å²) in [5.74, 6) is 0. The molecule has 0 bridgehead atoms. The molecule has 3 aromatic rings. The van der Waals surface area contributed by atoms with Crippen molar-refractivity contribution in [3.63, 3.8) is 0 Å². The van der Waals surface area contributed by atoms with Crippen LogP contribution in [-0.2, 0) is 23.6 Å². The molecule has 1 aromatic carbocycles. The first-order chi connectivity index (χ1) is 9.97. The summed E-state index contributed by atoms with van der Waals surface area (Å²) in [7, 11) is -1.91. The fourth-order valence-corrected chi connectivity index (χ4v) is 4.71. The van der Waals surface area contributed by atoms with Crippen LogP contribution in [0.3, 0.4) is 0 Å². The summed E-state index contributed by atoms with van der Waals surface area (Å²) >= 11 is 2.54. The maximum atomic E-state index is 12.3. The zero-order chi connectivity index (χ0) is 15.0. The summed E-state index contributed by atoms with van der Waals surface area (Å²) in [6.45, 7) is 0.267. The Labute approximate surface area is 129 Å². The van der Waals surface area contributed by atoms with Crippen LogP contribution in [0.15, 0.2) is 45.4 Å². The molecule has 5 nitrogen and oxygen atoms in total. The molecule has 21 heavy (non-hydrogen) atoms. The van der Waals surface area contributed by atoms with E-state index in [0.29, 0.717) is 4.70 Å². The molecular weight excluding hydrogens is 328 g/mol. The number of nitrogens with zero attached hydrogens (tertiary/aromatic N) is 1. The van der Waals surface area contributed by atoms with Crippen molar-refractivity contribution in [1.82, 2.24) is 9.29 Å². The van der Waals surface area contributed by atoms with Crippen LogP contribution in [0.2, 0.25) is 0 Å². The maximum Gasteiger partial charge on any atom is 0.307 e. The number of sulfonamides is 1. The molecule has 0 aliphatic carbocycles. The molecule has 110 valence electrons. The first-order valence-electron chi connectivity index (χ1n) is 6.09. The molecule has 0 aliphatic rings. The van der Waals surface area contributed by atoms with Gasteiger partial charge in [-0.3, -0.25) is 4.79 Å². The van der Waals surface area contributed by atoms with Gasteiger partial charge in [-0.05, 0) is 29.6 Å². The van der Waals surface area contributed by atoms with E-state index in [1.54, 1.807) is 13.1 Å². The Morgan fingerprint density at radius 2 is 2.10 bits per heavy atom. The topological polar surface area (TPSA) is 68.2 Å². The van der Waals surface area contributed by atoms with Crippen molar-refractivity contribution in [3.05, 3.63) is 50.3 Å². The molecule has 2 heterocycles. The van der Waals surface area contributed by atoms with Crippen molar-refractivity contribution >= 4 is 42.9 Å². The summed E-state index contributed by atoms with van der Waals surface area (Å²) in [5, 5.41) is 1.90. The molecule has 0 aliphatic heterocycles. The minimum atomic E-state index is -3.58. The summed E-state index contributed by atoms with van der Waals surface area (Å²) < 4.78 is 29.3. The van der Waals surface area contributed by atoms with Crippen molar-refractivity contribution in [3.8, 4) is 0 Å². The minimum Gasteiger partial charge on any atom is -0.302 e. The molecule has 0 fully saturated rings. The van der Waals surface area contributed by atoms with E-state index >= 15 is 0 Å². The Bertz CT molecular complexity index is 937. The molecule has 0 spiro atoms. The molecule has 0 amide bonds. The van der Waals surface area contributed by atoms with Crippen molar-refractivity contribution in [2.24, 2.45) is 7.05 Å². The quantitative estimate of drug-likeness (QED) is 0.791. The number of rotatable bonds is 4. The van der Waals surface area contributed by atoms with E-state index in [1.165, 1.54) is 28.0 Å². The molecule has 3 rings (SSSR count). The number of fused-ring (bicyclic) bond motifs is 1. The lowest BCUT2D eigenvalue weighted by Crippen LogP contribution is -2.22. The fourth-order valence-electron chi connectivity index (χ4n) is 1.94. The average Bonchev–Trinajstić information content (AvgIpc) is 3.06. The third kappa shape index (κ3) is 2.80. The second-order valence-corrected chi connectivity index (χ2v) is 8.25. The normalized spacial score (nSPS) is 12.0. The molecule has 0 saturated carbocycles. The van der Waals surface area contributed by atoms with Gasteiger partial charge in [0, 0.05) is 18.5 Å². The molecule has 0 saturated heterocycles. The number of thiazole rings is 1. The Balaban J connectivity index is 1.93. The zero-order valence-electron chi connectivity index (χ0n) is 11.1. The van der Waals surface area contributed by atoms with Crippen LogP contribution in [0.1, 0.15) is 4.88 Å². The van der Waals surface area contributed by atoms with Gasteiger partial charge in [-0.15, -0.1) is 11.3 Å². The third-order valence-corrected chi connectivity index (χ3v) is 6.36. The number of thiophene rings is 1. The highest BCUT2D eigenvalue weighted by Crippen LogP contribution is 2.21. The SMILES string of the molecule is Cn1c(=O)sc2cc(S(=O)(=O)NCc3cccs3)ccc21. The number of aromatic nitrogens is 1. The van der Waals surface area contributed by atoms with Gasteiger partial charge in [-0.2, -0.15) is 0 Å². The molecule has 1 N–H and O–H groups in total. The number of hydrogen-bond acceptors (Lipinski definition) is 5. The predicted octanol–water partition coefficient (Wildman–Crippen LogP) is 2.14. The van der Waals surface area contributed by atoms with E-state index in [0.717, 1.165) is 21.7 Å². The van der Waals surface area contributed by atoms with Crippen LogP contribution in [0.5, 0.6) is 0 Å². The van der Waals surface area contributed by atoms with Gasteiger partial charge in [0.05, 0.1) is 15.1 Å². The lowest BCUT2D eigenvalue weighted by Gasteiger charge is -2.06. The zero-order valence-corrected chi connectivity index (χ0v) is 13.5. The number of hydrogen-bond donors (Lipinski definition) is 1. The Kier molecular flexibility index (Phi) is 3.70. The maximum absolute atomic E-state index is 12.3. The van der Waals surface area contributed by atoms with E-state index in [2.05, 4.69) is 4.72 Å². The van der Waals surface area contributed by atoms with Gasteiger partial charge >= 0.3 is 4.87 Å². The number of benzene rings is 1. The van der Waals surface area contributed by atoms with Crippen LogP contribution < -0.4 is 9.60 Å². The van der Waals surface area contributed by atoms with Crippen LogP contribution in [0, 0.1) is 0 Å². The van der Waals surface area contributed by atoms with Gasteiger partial charge in [-0.1, -0.05) is 17.4 Å². The van der Waals surface area contributed by atoms with Crippen molar-refractivity contribution < 1.29 is 8.42 Å². The highest BCUT2D eigenvalue weighted by Gasteiger charge is 2.16. The monoisotopic (exact) mass is 340 g/mol. The number of nitrogens with one attached hydrogen (secondary N) is 1. The van der Waals surface area contributed by atoms with Crippen LogP contribution >= 0.6 is 22.7 Å². The Hall–Kier alpha value is -1.48. The van der Waals surface area contributed by atoms with E-state index in [1.807, 2.05) is 17.5 Å². The first-order valence-corrected chi connectivity index (χ1v) is 9.27. The van der Waals surface area contributed by atoms with E-state index in [9.17, 15) is 13.2 Å². The second-order valence-electron chi connectivity index (χ2n) is 4.46. The number of aryl methyl sites for hydroxylation is 1. The van der Waals surface area contributed by atoms with E-state index < -0.39 is 10.0 Å². The smallest absolute Gasteiger partial charge is 0.302 e. The standard InChI is InChI=1S/C13H12N2O3S3/c1-15-11-5-4-10(7-12(11)20-13(15)16)21(17,18)14-8-9-3-2-6-19-9/h2-7,14H,8H2,1H3. The Morgan fingerprint density at radius 3 is 2.81 bits per heavy atom. The van der Waals surface area contributed by atoms with Crippen molar-refractivity contribution in [1.29, 1.82) is 0 Å². The summed E-state index contributed by atoms with van der Waals surface area (Å²) in [6, 6.07) is 8.47. The fraction of sp³-hybridized carbons (Fsp3) is 0.154. The lowest BCUT2D eigenvalue weighted by molar-refractivity contribution is 0.582. The van der Waals surface area contributed by atoms with Gasteiger partial charge in [0.15, 0.2) is 0 Å². The Morgan fingerprint density at radius 1 is 1.29 bits per heavy atom. The second kappa shape index (κ2) is 5.38. The lowest BCUT2D eigenvalue weighted by atomic mass is 10.3. The molecular formula is C13H12N2O3S3. The predicted molar refractivity (Wildman–Crippen MR) is 85.4 cm³/mol. The van der Waals surface area contributed by atoms with Gasteiger partial charge in [0.25, 0.3) is 0 Å². The van der Waals surface area contributed by atoms with E-state index in [-0.39, 0.29) is 16.3 Å².